The summed E-state index contributed by atoms with van der Waals surface area (Å²) in [5, 5.41) is 12.4. The molecular formula is C17H13N5OS. The predicted octanol–water partition coefficient (Wildman–Crippen LogP) is 2.90. The standard InChI is InChI=1S/C17H13N5OS/c23-16-15(19-21-17-20-18-11-24-17)13-8-4-5-9-14(13)22(16)10-12-6-2-1-3-7-12/h1-9,11H,10H2,(H,20,21). The van der Waals surface area contributed by atoms with Gasteiger partial charge in [-0.15, -0.1) is 10.2 Å². The summed E-state index contributed by atoms with van der Waals surface area (Å²) in [6.45, 7) is 0.508. The number of aromatic nitrogens is 2. The van der Waals surface area contributed by atoms with Gasteiger partial charge in [-0.1, -0.05) is 59.9 Å². The normalized spacial score (nSPS) is 14.9. The van der Waals surface area contributed by atoms with E-state index in [1.165, 1.54) is 11.3 Å². The topological polar surface area (TPSA) is 70.5 Å². The summed E-state index contributed by atoms with van der Waals surface area (Å²) in [4.78, 5) is 14.6. The van der Waals surface area contributed by atoms with E-state index in [-0.39, 0.29) is 5.91 Å². The third-order valence-corrected chi connectivity index (χ3v) is 4.30. The molecule has 1 amide bonds. The van der Waals surface area contributed by atoms with Crippen molar-refractivity contribution in [3.8, 4) is 0 Å². The van der Waals surface area contributed by atoms with Gasteiger partial charge >= 0.3 is 0 Å². The first-order chi connectivity index (χ1) is 11.8. The number of benzene rings is 2. The van der Waals surface area contributed by atoms with Crippen molar-refractivity contribution < 1.29 is 4.79 Å². The molecule has 4 rings (SSSR count). The van der Waals surface area contributed by atoms with Crippen LogP contribution in [-0.2, 0) is 11.3 Å². The minimum Gasteiger partial charge on any atom is -0.302 e. The first-order valence-electron chi connectivity index (χ1n) is 7.38. The Balaban J connectivity index is 1.67. The molecule has 0 spiro atoms. The van der Waals surface area contributed by atoms with E-state index in [9.17, 15) is 4.79 Å². The molecule has 0 unspecified atom stereocenters. The van der Waals surface area contributed by atoms with Crippen molar-refractivity contribution >= 4 is 33.8 Å². The molecule has 24 heavy (non-hydrogen) atoms. The molecule has 2 heterocycles. The molecule has 0 saturated heterocycles. The molecule has 0 aliphatic carbocycles. The zero-order chi connectivity index (χ0) is 16.4. The Kier molecular flexibility index (Phi) is 3.76. The number of rotatable bonds is 4. The Bertz CT molecular complexity index is 892. The van der Waals surface area contributed by atoms with Gasteiger partial charge in [0.05, 0.1) is 12.2 Å². The number of hydrazone groups is 1. The summed E-state index contributed by atoms with van der Waals surface area (Å²) in [6.07, 6.45) is 0. The van der Waals surface area contributed by atoms with Gasteiger partial charge in [-0.2, -0.15) is 5.10 Å². The number of nitrogens with one attached hydrogen (secondary N) is 1. The number of hydrogen-bond donors (Lipinski definition) is 1. The van der Waals surface area contributed by atoms with Gasteiger partial charge in [0, 0.05) is 5.56 Å². The highest BCUT2D eigenvalue weighted by Gasteiger charge is 2.33. The molecule has 1 N–H and O–H groups in total. The molecule has 3 aromatic rings. The van der Waals surface area contributed by atoms with Crippen LogP contribution in [0.3, 0.4) is 0 Å². The highest BCUT2D eigenvalue weighted by atomic mass is 32.1. The second-order valence-electron chi connectivity index (χ2n) is 5.21. The Morgan fingerprint density at radius 3 is 2.67 bits per heavy atom. The van der Waals surface area contributed by atoms with E-state index in [0.29, 0.717) is 17.4 Å². The number of anilines is 2. The van der Waals surface area contributed by atoms with Crippen LogP contribution in [0.15, 0.2) is 65.2 Å². The Labute approximate surface area is 142 Å². The average Bonchev–Trinajstić information content (AvgIpc) is 3.22. The zero-order valence-corrected chi connectivity index (χ0v) is 13.4. The number of hydrogen-bond acceptors (Lipinski definition) is 6. The number of carbonyl (C=O) groups is 1. The highest BCUT2D eigenvalue weighted by molar-refractivity contribution is 7.13. The predicted molar refractivity (Wildman–Crippen MR) is 94.1 cm³/mol. The number of fused-ring (bicyclic) bond motifs is 1. The summed E-state index contributed by atoms with van der Waals surface area (Å²) in [5.41, 5.74) is 7.55. The lowest BCUT2D eigenvalue weighted by molar-refractivity contribution is -0.112. The van der Waals surface area contributed by atoms with E-state index in [1.807, 2.05) is 54.6 Å². The van der Waals surface area contributed by atoms with E-state index in [2.05, 4.69) is 20.7 Å². The monoisotopic (exact) mass is 335 g/mol. The molecule has 1 aliphatic rings. The SMILES string of the molecule is O=C1C(=NNc2nncs2)c2ccccc2N1Cc1ccccc1. The third kappa shape index (κ3) is 2.65. The Morgan fingerprint density at radius 2 is 1.88 bits per heavy atom. The third-order valence-electron chi connectivity index (χ3n) is 3.70. The fraction of sp³-hybridized carbons (Fsp3) is 0.0588. The van der Waals surface area contributed by atoms with Crippen molar-refractivity contribution in [3.05, 3.63) is 71.2 Å². The van der Waals surface area contributed by atoms with Crippen LogP contribution in [0.4, 0.5) is 10.8 Å². The van der Waals surface area contributed by atoms with Crippen molar-refractivity contribution in [2.24, 2.45) is 5.10 Å². The van der Waals surface area contributed by atoms with Crippen LogP contribution in [0.5, 0.6) is 0 Å². The number of carbonyl (C=O) groups excluding carboxylic acids is 1. The van der Waals surface area contributed by atoms with Crippen molar-refractivity contribution in [3.63, 3.8) is 0 Å². The molecule has 0 saturated carbocycles. The van der Waals surface area contributed by atoms with Crippen molar-refractivity contribution in [2.75, 3.05) is 10.3 Å². The van der Waals surface area contributed by atoms with Crippen LogP contribution >= 0.6 is 11.3 Å². The van der Waals surface area contributed by atoms with E-state index >= 15 is 0 Å². The van der Waals surface area contributed by atoms with E-state index in [4.69, 9.17) is 0 Å². The Hall–Kier alpha value is -3.06. The van der Waals surface area contributed by atoms with Gasteiger partial charge < -0.3 is 4.90 Å². The largest absolute Gasteiger partial charge is 0.302 e. The highest BCUT2D eigenvalue weighted by Crippen LogP contribution is 2.30. The van der Waals surface area contributed by atoms with E-state index < -0.39 is 0 Å². The molecule has 1 aliphatic heterocycles. The van der Waals surface area contributed by atoms with Crippen LogP contribution in [0.25, 0.3) is 0 Å². The van der Waals surface area contributed by atoms with Crippen LogP contribution in [-0.4, -0.2) is 21.8 Å². The molecular weight excluding hydrogens is 322 g/mol. The first-order valence-corrected chi connectivity index (χ1v) is 8.26. The minimum atomic E-state index is -0.128. The van der Waals surface area contributed by atoms with Gasteiger partial charge in [0.25, 0.3) is 5.91 Å². The molecule has 2 aromatic carbocycles. The minimum absolute atomic E-state index is 0.128. The van der Waals surface area contributed by atoms with Gasteiger partial charge in [-0.25, -0.2) is 0 Å². The van der Waals surface area contributed by atoms with Crippen molar-refractivity contribution in [1.29, 1.82) is 0 Å². The average molecular weight is 335 g/mol. The van der Waals surface area contributed by atoms with Crippen molar-refractivity contribution in [1.82, 2.24) is 10.2 Å². The van der Waals surface area contributed by atoms with E-state index in [1.54, 1.807) is 10.4 Å². The smallest absolute Gasteiger partial charge is 0.279 e. The maximum atomic E-state index is 12.8. The van der Waals surface area contributed by atoms with Crippen molar-refractivity contribution in [2.45, 2.75) is 6.54 Å². The van der Waals surface area contributed by atoms with Crippen LogP contribution in [0.1, 0.15) is 11.1 Å². The fourth-order valence-electron chi connectivity index (χ4n) is 2.62. The van der Waals surface area contributed by atoms with Crippen LogP contribution < -0.4 is 10.3 Å². The molecule has 0 fully saturated rings. The van der Waals surface area contributed by atoms with Gasteiger partial charge in [0.1, 0.15) is 5.51 Å². The lowest BCUT2D eigenvalue weighted by Gasteiger charge is -2.16. The summed E-state index contributed by atoms with van der Waals surface area (Å²) < 4.78 is 0. The van der Waals surface area contributed by atoms with Gasteiger partial charge in [0.2, 0.25) is 5.13 Å². The summed E-state index contributed by atoms with van der Waals surface area (Å²) in [6, 6.07) is 17.6. The number of amides is 1. The molecule has 118 valence electrons. The van der Waals surface area contributed by atoms with E-state index in [0.717, 1.165) is 16.8 Å². The first kappa shape index (κ1) is 14.5. The van der Waals surface area contributed by atoms with Gasteiger partial charge in [0.15, 0.2) is 5.71 Å². The van der Waals surface area contributed by atoms with Gasteiger partial charge in [-0.3, -0.25) is 10.2 Å². The zero-order valence-electron chi connectivity index (χ0n) is 12.6. The lowest BCUT2D eigenvalue weighted by atomic mass is 10.1. The molecule has 0 atom stereocenters. The Morgan fingerprint density at radius 1 is 1.08 bits per heavy atom. The maximum absolute atomic E-state index is 12.8. The van der Waals surface area contributed by atoms with Crippen LogP contribution in [0, 0.1) is 0 Å². The molecule has 0 radical (unpaired) electrons. The number of nitrogens with zero attached hydrogens (tertiary/aromatic N) is 4. The second kappa shape index (κ2) is 6.21. The van der Waals surface area contributed by atoms with Gasteiger partial charge in [-0.05, 0) is 11.6 Å². The summed E-state index contributed by atoms with van der Waals surface area (Å²) in [5.74, 6) is -0.128. The quantitative estimate of drug-likeness (QED) is 0.744. The summed E-state index contributed by atoms with van der Waals surface area (Å²) >= 11 is 1.33. The maximum Gasteiger partial charge on any atom is 0.279 e. The summed E-state index contributed by atoms with van der Waals surface area (Å²) in [7, 11) is 0. The molecule has 6 nitrogen and oxygen atoms in total. The molecule has 1 aromatic heterocycles. The second-order valence-corrected chi connectivity index (χ2v) is 6.04. The van der Waals surface area contributed by atoms with Crippen LogP contribution in [0.2, 0.25) is 0 Å². The molecule has 0 bridgehead atoms. The lowest BCUT2D eigenvalue weighted by Crippen LogP contribution is -2.30. The fourth-order valence-corrected chi connectivity index (χ4v) is 3.00. The number of para-hydroxylation sites is 1. The molecule has 7 heteroatoms.